The molecule has 2 N–H and O–H groups in total. The molecule has 0 saturated heterocycles. The molecule has 0 aliphatic heterocycles. The van der Waals surface area contributed by atoms with Crippen molar-refractivity contribution in [1.29, 1.82) is 0 Å². The Bertz CT molecular complexity index is 515. The molecule has 88 valence electrons. The van der Waals surface area contributed by atoms with Gasteiger partial charge in [0.15, 0.2) is 5.82 Å². The number of anilines is 1. The Morgan fingerprint density at radius 3 is 2.29 bits per heavy atom. The SMILES string of the molecule is Cc1cccc(N[NH+]([O-])c2cccc(C)n2)n1. The second-order valence-electron chi connectivity index (χ2n) is 3.78. The van der Waals surface area contributed by atoms with Gasteiger partial charge in [0.1, 0.15) is 0 Å². The van der Waals surface area contributed by atoms with Crippen molar-refractivity contribution in [1.82, 2.24) is 9.97 Å². The molecule has 2 aromatic heterocycles. The summed E-state index contributed by atoms with van der Waals surface area (Å²) in [7, 11) is 0. The molecule has 0 bridgehead atoms. The van der Waals surface area contributed by atoms with Gasteiger partial charge in [-0.25, -0.2) is 15.6 Å². The summed E-state index contributed by atoms with van der Waals surface area (Å²) in [5.41, 5.74) is 4.39. The number of pyridine rings is 2. The van der Waals surface area contributed by atoms with Crippen LogP contribution in [0.25, 0.3) is 0 Å². The van der Waals surface area contributed by atoms with E-state index in [0.29, 0.717) is 11.6 Å². The molecule has 0 radical (unpaired) electrons. The Balaban J connectivity index is 2.14. The molecule has 0 aromatic carbocycles. The maximum atomic E-state index is 11.9. The van der Waals surface area contributed by atoms with Crippen LogP contribution >= 0.6 is 0 Å². The normalized spacial score (nSPS) is 12.2. The monoisotopic (exact) mass is 230 g/mol. The molecule has 2 aromatic rings. The van der Waals surface area contributed by atoms with Crippen molar-refractivity contribution in [3.8, 4) is 0 Å². The van der Waals surface area contributed by atoms with Crippen molar-refractivity contribution < 1.29 is 5.17 Å². The van der Waals surface area contributed by atoms with Crippen LogP contribution < -0.4 is 10.6 Å². The third-order valence-electron chi connectivity index (χ3n) is 2.25. The average molecular weight is 230 g/mol. The van der Waals surface area contributed by atoms with E-state index in [1.54, 1.807) is 18.2 Å². The number of nitrogens with one attached hydrogen (secondary N) is 2. The summed E-state index contributed by atoms with van der Waals surface area (Å²) < 4.78 is 0. The van der Waals surface area contributed by atoms with Gasteiger partial charge in [0.05, 0.1) is 0 Å². The molecule has 0 saturated carbocycles. The van der Waals surface area contributed by atoms with Crippen LogP contribution in [0.2, 0.25) is 0 Å². The van der Waals surface area contributed by atoms with Gasteiger partial charge in [-0.2, -0.15) is 4.98 Å². The summed E-state index contributed by atoms with van der Waals surface area (Å²) in [6, 6.07) is 10.8. The lowest BCUT2D eigenvalue weighted by atomic mass is 10.4. The molecule has 2 rings (SSSR count). The molecule has 5 heteroatoms. The molecule has 0 fully saturated rings. The summed E-state index contributed by atoms with van der Waals surface area (Å²) in [5.74, 6) is 0.937. The van der Waals surface area contributed by atoms with Gasteiger partial charge in [0.2, 0.25) is 0 Å². The molecule has 0 amide bonds. The minimum atomic E-state index is -0.244. The Kier molecular flexibility index (Phi) is 3.32. The van der Waals surface area contributed by atoms with E-state index in [2.05, 4.69) is 15.4 Å². The number of aromatic nitrogens is 2. The summed E-state index contributed by atoms with van der Waals surface area (Å²) >= 11 is 0. The van der Waals surface area contributed by atoms with Crippen LogP contribution in [0.15, 0.2) is 36.4 Å². The molecule has 17 heavy (non-hydrogen) atoms. The number of nitrogens with zero attached hydrogens (tertiary/aromatic N) is 2. The van der Waals surface area contributed by atoms with Crippen LogP contribution in [0, 0.1) is 19.1 Å². The highest BCUT2D eigenvalue weighted by atomic mass is 16.5. The predicted octanol–water partition coefficient (Wildman–Crippen LogP) is 1.13. The number of rotatable bonds is 3. The van der Waals surface area contributed by atoms with E-state index in [0.717, 1.165) is 11.4 Å². The Morgan fingerprint density at radius 2 is 1.65 bits per heavy atom. The van der Waals surface area contributed by atoms with Crippen LogP contribution in [-0.4, -0.2) is 9.97 Å². The molecule has 1 atom stereocenters. The minimum absolute atomic E-state index is 0.244. The van der Waals surface area contributed by atoms with E-state index >= 15 is 0 Å². The maximum absolute atomic E-state index is 11.9. The smallest absolute Gasteiger partial charge is 0.251 e. The fourth-order valence-corrected chi connectivity index (χ4v) is 1.46. The summed E-state index contributed by atoms with van der Waals surface area (Å²) in [4.78, 5) is 8.35. The zero-order valence-electron chi connectivity index (χ0n) is 9.77. The van der Waals surface area contributed by atoms with Crippen LogP contribution in [0.1, 0.15) is 11.4 Å². The zero-order valence-corrected chi connectivity index (χ0v) is 9.77. The second-order valence-corrected chi connectivity index (χ2v) is 3.78. The fraction of sp³-hybridized carbons (Fsp3) is 0.167. The number of quaternary nitrogens is 1. The molecule has 0 aliphatic carbocycles. The molecule has 1 unspecified atom stereocenters. The number of hydrogen-bond acceptors (Lipinski definition) is 4. The quantitative estimate of drug-likeness (QED) is 0.776. The van der Waals surface area contributed by atoms with E-state index in [-0.39, 0.29) is 5.17 Å². The Hall–Kier alpha value is -1.98. The molecule has 0 spiro atoms. The molecular weight excluding hydrogens is 216 g/mol. The minimum Gasteiger partial charge on any atom is -0.601 e. The fourth-order valence-electron chi connectivity index (χ4n) is 1.46. The van der Waals surface area contributed by atoms with E-state index < -0.39 is 0 Å². The lowest BCUT2D eigenvalue weighted by Crippen LogP contribution is -3.06. The van der Waals surface area contributed by atoms with E-state index in [1.165, 1.54) is 0 Å². The van der Waals surface area contributed by atoms with Crippen molar-refractivity contribution in [2.75, 3.05) is 5.43 Å². The van der Waals surface area contributed by atoms with Gasteiger partial charge in [-0.1, -0.05) is 12.1 Å². The highest BCUT2D eigenvalue weighted by Crippen LogP contribution is 2.02. The lowest BCUT2D eigenvalue weighted by Gasteiger charge is -2.20. The standard InChI is InChI=1S/C12H14N4O/c1-9-5-3-7-11(13-9)15-16(17)12-8-4-6-10(2)14-12/h3-8,16H,1-2H3,(H,13,15). The van der Waals surface area contributed by atoms with Gasteiger partial charge in [-0.15, -0.1) is 0 Å². The van der Waals surface area contributed by atoms with Crippen molar-refractivity contribution in [2.45, 2.75) is 13.8 Å². The number of aryl methyl sites for hydroxylation is 2. The highest BCUT2D eigenvalue weighted by Gasteiger charge is 2.05. The third kappa shape index (κ3) is 2.99. The Morgan fingerprint density at radius 1 is 1.00 bits per heavy atom. The van der Waals surface area contributed by atoms with E-state index in [4.69, 9.17) is 0 Å². The predicted molar refractivity (Wildman–Crippen MR) is 65.6 cm³/mol. The number of hydrogen-bond donors (Lipinski definition) is 2. The van der Waals surface area contributed by atoms with Crippen molar-refractivity contribution in [3.05, 3.63) is 53.0 Å². The third-order valence-corrected chi connectivity index (χ3v) is 2.25. The molecule has 2 heterocycles. The van der Waals surface area contributed by atoms with Crippen LogP contribution in [0.5, 0.6) is 0 Å². The van der Waals surface area contributed by atoms with Crippen molar-refractivity contribution >= 4 is 11.6 Å². The maximum Gasteiger partial charge on any atom is 0.251 e. The van der Waals surface area contributed by atoms with Gasteiger partial charge < -0.3 is 5.21 Å². The van der Waals surface area contributed by atoms with E-state index in [9.17, 15) is 5.21 Å². The Labute approximate surface area is 99.7 Å². The van der Waals surface area contributed by atoms with Crippen molar-refractivity contribution in [2.24, 2.45) is 0 Å². The van der Waals surface area contributed by atoms with Gasteiger partial charge in [0.25, 0.3) is 5.82 Å². The first-order valence-electron chi connectivity index (χ1n) is 5.34. The lowest BCUT2D eigenvalue weighted by molar-refractivity contribution is -0.753. The second kappa shape index (κ2) is 4.90. The van der Waals surface area contributed by atoms with Crippen molar-refractivity contribution in [3.63, 3.8) is 0 Å². The largest absolute Gasteiger partial charge is 0.601 e. The van der Waals surface area contributed by atoms with Gasteiger partial charge in [-0.3, -0.25) is 0 Å². The van der Waals surface area contributed by atoms with Crippen LogP contribution in [0.3, 0.4) is 0 Å². The van der Waals surface area contributed by atoms with Crippen LogP contribution in [-0.2, 0) is 0 Å². The van der Waals surface area contributed by atoms with Gasteiger partial charge in [-0.05, 0) is 32.0 Å². The first-order chi connectivity index (χ1) is 8.15. The molecule has 0 aliphatic rings. The van der Waals surface area contributed by atoms with Crippen LogP contribution in [0.4, 0.5) is 11.6 Å². The summed E-state index contributed by atoms with van der Waals surface area (Å²) in [5, 5.41) is 11.6. The van der Waals surface area contributed by atoms with E-state index in [1.807, 2.05) is 32.0 Å². The molecular formula is C12H14N4O. The first kappa shape index (κ1) is 11.5. The zero-order chi connectivity index (χ0) is 12.3. The summed E-state index contributed by atoms with van der Waals surface area (Å²) in [6.45, 7) is 3.72. The average Bonchev–Trinajstić information content (AvgIpc) is 2.29. The van der Waals surface area contributed by atoms with Gasteiger partial charge >= 0.3 is 0 Å². The summed E-state index contributed by atoms with van der Waals surface area (Å²) in [6.07, 6.45) is 0. The topological polar surface area (TPSA) is 65.3 Å². The molecule has 5 nitrogen and oxygen atoms in total. The first-order valence-corrected chi connectivity index (χ1v) is 5.34. The van der Waals surface area contributed by atoms with Gasteiger partial charge in [0, 0.05) is 17.5 Å². The highest BCUT2D eigenvalue weighted by molar-refractivity contribution is 5.33.